The SMILES string of the molecule is NCC1(C(O)C2CCSC2)CCOc2ccccc21. The number of ether oxygens (including phenoxy) is 1. The van der Waals surface area contributed by atoms with Crippen LogP contribution in [0.25, 0.3) is 0 Å². The average Bonchev–Trinajstić information content (AvgIpc) is 3.00. The topological polar surface area (TPSA) is 55.5 Å². The molecular weight excluding hydrogens is 258 g/mol. The van der Waals surface area contributed by atoms with Gasteiger partial charge in [-0.2, -0.15) is 11.8 Å². The summed E-state index contributed by atoms with van der Waals surface area (Å²) in [6, 6.07) is 8.03. The molecule has 3 rings (SSSR count). The summed E-state index contributed by atoms with van der Waals surface area (Å²) in [5.74, 6) is 3.45. The first kappa shape index (κ1) is 13.3. The van der Waals surface area contributed by atoms with Crippen molar-refractivity contribution in [2.24, 2.45) is 11.7 Å². The molecular formula is C15H21NO2S. The fourth-order valence-corrected chi connectivity index (χ4v) is 4.66. The van der Waals surface area contributed by atoms with E-state index < -0.39 is 0 Å². The van der Waals surface area contributed by atoms with Gasteiger partial charge in [0, 0.05) is 17.5 Å². The molecule has 1 saturated heterocycles. The van der Waals surface area contributed by atoms with Crippen molar-refractivity contribution in [1.29, 1.82) is 0 Å². The van der Waals surface area contributed by atoms with Gasteiger partial charge in [0.25, 0.3) is 0 Å². The maximum atomic E-state index is 10.9. The van der Waals surface area contributed by atoms with E-state index in [0.29, 0.717) is 19.1 Å². The van der Waals surface area contributed by atoms with Gasteiger partial charge in [-0.3, -0.25) is 0 Å². The predicted octanol–water partition coefficient (Wildman–Crippen LogP) is 1.78. The number of aliphatic hydroxyl groups excluding tert-OH is 1. The smallest absolute Gasteiger partial charge is 0.123 e. The molecule has 0 bridgehead atoms. The molecule has 0 aliphatic carbocycles. The van der Waals surface area contributed by atoms with E-state index in [4.69, 9.17) is 10.5 Å². The Balaban J connectivity index is 1.99. The lowest BCUT2D eigenvalue weighted by Crippen LogP contribution is -2.52. The first-order valence-corrected chi connectivity index (χ1v) is 8.11. The quantitative estimate of drug-likeness (QED) is 0.885. The van der Waals surface area contributed by atoms with Crippen LogP contribution < -0.4 is 10.5 Å². The summed E-state index contributed by atoms with van der Waals surface area (Å²) in [5, 5.41) is 10.9. The van der Waals surface area contributed by atoms with Crippen molar-refractivity contribution in [3.63, 3.8) is 0 Å². The third-order valence-corrected chi connectivity index (χ3v) is 5.76. The number of para-hydroxylation sites is 1. The molecule has 0 radical (unpaired) electrons. The zero-order chi connectivity index (χ0) is 13.3. The van der Waals surface area contributed by atoms with Crippen LogP contribution in [0.4, 0.5) is 0 Å². The maximum absolute atomic E-state index is 10.9. The maximum Gasteiger partial charge on any atom is 0.123 e. The summed E-state index contributed by atoms with van der Waals surface area (Å²) in [7, 11) is 0. The molecule has 1 aromatic carbocycles. The van der Waals surface area contributed by atoms with Crippen LogP contribution in [0.2, 0.25) is 0 Å². The van der Waals surface area contributed by atoms with Gasteiger partial charge in [-0.25, -0.2) is 0 Å². The van der Waals surface area contributed by atoms with Crippen LogP contribution >= 0.6 is 11.8 Å². The van der Waals surface area contributed by atoms with Gasteiger partial charge in [-0.1, -0.05) is 18.2 Å². The van der Waals surface area contributed by atoms with Gasteiger partial charge in [0.2, 0.25) is 0 Å². The second kappa shape index (κ2) is 5.35. The monoisotopic (exact) mass is 279 g/mol. The number of rotatable bonds is 3. The fourth-order valence-electron chi connectivity index (χ4n) is 3.37. The second-order valence-electron chi connectivity index (χ2n) is 5.52. The highest BCUT2D eigenvalue weighted by Gasteiger charge is 2.46. The molecule has 2 aliphatic heterocycles. The minimum atomic E-state index is -0.363. The number of thioether (sulfide) groups is 1. The van der Waals surface area contributed by atoms with Crippen molar-refractivity contribution in [2.75, 3.05) is 24.7 Å². The van der Waals surface area contributed by atoms with Gasteiger partial charge in [0.15, 0.2) is 0 Å². The molecule has 3 N–H and O–H groups in total. The zero-order valence-electron chi connectivity index (χ0n) is 11.0. The highest BCUT2D eigenvalue weighted by atomic mass is 32.2. The Morgan fingerprint density at radius 2 is 2.32 bits per heavy atom. The van der Waals surface area contributed by atoms with E-state index in [1.165, 1.54) is 0 Å². The largest absolute Gasteiger partial charge is 0.493 e. The van der Waals surface area contributed by atoms with Crippen LogP contribution in [-0.4, -0.2) is 35.9 Å². The van der Waals surface area contributed by atoms with E-state index in [1.807, 2.05) is 30.0 Å². The molecule has 0 aromatic heterocycles. The van der Waals surface area contributed by atoms with Crippen LogP contribution in [0.15, 0.2) is 24.3 Å². The highest BCUT2D eigenvalue weighted by molar-refractivity contribution is 7.99. The fraction of sp³-hybridized carbons (Fsp3) is 0.600. The number of hydrogen-bond acceptors (Lipinski definition) is 4. The predicted molar refractivity (Wildman–Crippen MR) is 78.7 cm³/mol. The minimum absolute atomic E-state index is 0.329. The van der Waals surface area contributed by atoms with Gasteiger partial charge in [0.05, 0.1) is 12.7 Å². The molecule has 4 heteroatoms. The molecule has 2 aliphatic rings. The average molecular weight is 279 g/mol. The van der Waals surface area contributed by atoms with Gasteiger partial charge in [-0.15, -0.1) is 0 Å². The Morgan fingerprint density at radius 3 is 3.05 bits per heavy atom. The van der Waals surface area contributed by atoms with Crippen LogP contribution in [0.5, 0.6) is 5.75 Å². The lowest BCUT2D eigenvalue weighted by molar-refractivity contribution is 0.0180. The third kappa shape index (κ3) is 2.16. The Bertz CT molecular complexity index is 448. The first-order valence-electron chi connectivity index (χ1n) is 6.96. The van der Waals surface area contributed by atoms with Crippen molar-refractivity contribution in [3.05, 3.63) is 29.8 Å². The number of fused-ring (bicyclic) bond motifs is 1. The Labute approximate surface area is 118 Å². The lowest BCUT2D eigenvalue weighted by Gasteiger charge is -2.43. The highest BCUT2D eigenvalue weighted by Crippen LogP contribution is 2.44. The Kier molecular flexibility index (Phi) is 3.74. The van der Waals surface area contributed by atoms with Gasteiger partial charge in [-0.05, 0) is 36.3 Å². The first-order chi connectivity index (χ1) is 9.28. The summed E-state index contributed by atoms with van der Waals surface area (Å²) in [4.78, 5) is 0. The number of nitrogens with two attached hydrogens (primary N) is 1. The van der Waals surface area contributed by atoms with Gasteiger partial charge >= 0.3 is 0 Å². The summed E-state index contributed by atoms with van der Waals surface area (Å²) in [6.45, 7) is 1.13. The van der Waals surface area contributed by atoms with Crippen LogP contribution in [-0.2, 0) is 5.41 Å². The minimum Gasteiger partial charge on any atom is -0.493 e. The van der Waals surface area contributed by atoms with Crippen LogP contribution in [0.3, 0.4) is 0 Å². The van der Waals surface area contributed by atoms with E-state index in [0.717, 1.165) is 35.7 Å². The second-order valence-corrected chi connectivity index (χ2v) is 6.67. The van der Waals surface area contributed by atoms with E-state index in [1.54, 1.807) is 0 Å². The standard InChI is InChI=1S/C15H21NO2S/c16-10-15(14(17)11-5-8-19-9-11)6-7-18-13-4-2-1-3-12(13)15/h1-4,11,14,17H,5-10,16H2. The van der Waals surface area contributed by atoms with E-state index in [2.05, 4.69) is 6.07 Å². The van der Waals surface area contributed by atoms with Crippen molar-refractivity contribution in [2.45, 2.75) is 24.4 Å². The van der Waals surface area contributed by atoms with E-state index in [-0.39, 0.29) is 11.5 Å². The summed E-state index contributed by atoms with van der Waals surface area (Å²) in [6.07, 6.45) is 1.54. The lowest BCUT2D eigenvalue weighted by atomic mass is 9.68. The Morgan fingerprint density at radius 1 is 1.47 bits per heavy atom. The summed E-state index contributed by atoms with van der Waals surface area (Å²) < 4.78 is 5.72. The van der Waals surface area contributed by atoms with Crippen molar-refractivity contribution >= 4 is 11.8 Å². The molecule has 3 nitrogen and oxygen atoms in total. The molecule has 2 heterocycles. The van der Waals surface area contributed by atoms with Gasteiger partial charge in [0.1, 0.15) is 5.75 Å². The molecule has 1 aromatic rings. The summed E-state index contributed by atoms with van der Waals surface area (Å²) >= 11 is 1.93. The molecule has 3 atom stereocenters. The summed E-state index contributed by atoms with van der Waals surface area (Å²) in [5.41, 5.74) is 6.86. The molecule has 104 valence electrons. The van der Waals surface area contributed by atoms with Crippen LogP contribution in [0.1, 0.15) is 18.4 Å². The van der Waals surface area contributed by atoms with Crippen molar-refractivity contribution in [1.82, 2.24) is 0 Å². The Hall–Kier alpha value is -0.710. The van der Waals surface area contributed by atoms with Gasteiger partial charge < -0.3 is 15.6 Å². The number of benzene rings is 1. The van der Waals surface area contributed by atoms with E-state index >= 15 is 0 Å². The molecule has 0 spiro atoms. The van der Waals surface area contributed by atoms with E-state index in [9.17, 15) is 5.11 Å². The zero-order valence-corrected chi connectivity index (χ0v) is 11.9. The molecule has 3 unspecified atom stereocenters. The van der Waals surface area contributed by atoms with Crippen molar-refractivity contribution in [3.8, 4) is 5.75 Å². The molecule has 1 fully saturated rings. The van der Waals surface area contributed by atoms with Crippen molar-refractivity contribution < 1.29 is 9.84 Å². The molecule has 0 saturated carbocycles. The molecule has 0 amide bonds. The number of hydrogen-bond donors (Lipinski definition) is 2. The normalized spacial score (nSPS) is 31.6. The third-order valence-electron chi connectivity index (χ3n) is 4.57. The van der Waals surface area contributed by atoms with Crippen LogP contribution in [0, 0.1) is 5.92 Å². The number of aliphatic hydroxyl groups is 1. The molecule has 19 heavy (non-hydrogen) atoms.